The molecule has 2 amide bonds. The first-order chi connectivity index (χ1) is 17.1. The molecule has 0 unspecified atom stereocenters. The highest BCUT2D eigenvalue weighted by Crippen LogP contribution is 2.24. The Bertz CT molecular complexity index is 1150. The number of carbonyl (C=O) groups excluding carboxylic acids is 2. The lowest BCUT2D eigenvalue weighted by molar-refractivity contribution is -0.140. The predicted octanol–water partition coefficient (Wildman–Crippen LogP) is 4.67. The van der Waals surface area contributed by atoms with E-state index in [1.54, 1.807) is 37.3 Å². The van der Waals surface area contributed by atoms with Crippen molar-refractivity contribution in [3.05, 3.63) is 64.7 Å². The molecule has 0 aliphatic heterocycles. The number of nitrogens with zero attached hydrogens (tertiary/aromatic N) is 2. The Hall–Kier alpha value is -2.58. The molecule has 0 aromatic heterocycles. The first-order valence-corrected chi connectivity index (χ1v) is 14.7. The second-order valence-corrected chi connectivity index (χ2v) is 11.8. The number of carbonyl (C=O) groups is 2. The molecular formula is C27H36ClN3O4S. The van der Waals surface area contributed by atoms with E-state index in [0.717, 1.165) is 47.4 Å². The summed E-state index contributed by atoms with van der Waals surface area (Å²) in [5.74, 6) is -0.641. The zero-order valence-electron chi connectivity index (χ0n) is 21.2. The van der Waals surface area contributed by atoms with E-state index >= 15 is 0 Å². The number of rotatable bonds is 10. The van der Waals surface area contributed by atoms with Gasteiger partial charge in [-0.15, -0.1) is 0 Å². The average Bonchev–Trinajstić information content (AvgIpc) is 2.84. The Morgan fingerprint density at radius 3 is 2.28 bits per heavy atom. The average molecular weight is 534 g/mol. The topological polar surface area (TPSA) is 86.8 Å². The van der Waals surface area contributed by atoms with Crippen molar-refractivity contribution >= 4 is 39.1 Å². The molecule has 0 heterocycles. The van der Waals surface area contributed by atoms with E-state index in [1.165, 1.54) is 11.3 Å². The quantitative estimate of drug-likeness (QED) is 0.481. The van der Waals surface area contributed by atoms with E-state index in [-0.39, 0.29) is 18.5 Å². The van der Waals surface area contributed by atoms with E-state index in [0.29, 0.717) is 17.1 Å². The lowest BCUT2D eigenvalue weighted by atomic mass is 9.95. The summed E-state index contributed by atoms with van der Waals surface area (Å²) in [5.41, 5.74) is 1.99. The van der Waals surface area contributed by atoms with E-state index in [9.17, 15) is 18.0 Å². The number of anilines is 1. The van der Waals surface area contributed by atoms with Crippen LogP contribution < -0.4 is 9.62 Å². The maximum atomic E-state index is 13.8. The highest BCUT2D eigenvalue weighted by Gasteiger charge is 2.33. The van der Waals surface area contributed by atoms with Gasteiger partial charge in [-0.25, -0.2) is 8.42 Å². The van der Waals surface area contributed by atoms with Crippen LogP contribution in [0.4, 0.5) is 5.69 Å². The normalized spacial score (nSPS) is 15.2. The van der Waals surface area contributed by atoms with Crippen LogP contribution in [-0.2, 0) is 26.2 Å². The number of sulfonamides is 1. The van der Waals surface area contributed by atoms with Crippen molar-refractivity contribution in [2.24, 2.45) is 0 Å². The molecule has 7 nitrogen and oxygen atoms in total. The van der Waals surface area contributed by atoms with Crippen molar-refractivity contribution in [1.29, 1.82) is 0 Å². The summed E-state index contributed by atoms with van der Waals surface area (Å²) in [7, 11) is -3.76. The minimum atomic E-state index is -3.76. The molecule has 1 saturated carbocycles. The third-order valence-corrected chi connectivity index (χ3v) is 8.05. The number of hydrogen-bond acceptors (Lipinski definition) is 4. The first kappa shape index (κ1) is 28.0. The van der Waals surface area contributed by atoms with Gasteiger partial charge in [0.1, 0.15) is 12.6 Å². The Labute approximate surface area is 219 Å². The SMILES string of the molecule is CC[C@H](C(=O)NC1CCCCC1)N(Cc1ccc(Cl)cc1)C(=O)CN(c1ccccc1C)S(C)(=O)=O. The molecule has 3 rings (SSSR count). The maximum absolute atomic E-state index is 13.8. The lowest BCUT2D eigenvalue weighted by Gasteiger charge is -2.34. The number of aryl methyl sites for hydroxylation is 1. The van der Waals surface area contributed by atoms with Gasteiger partial charge in [0.05, 0.1) is 11.9 Å². The summed E-state index contributed by atoms with van der Waals surface area (Å²) >= 11 is 6.04. The number of benzene rings is 2. The number of hydrogen-bond donors (Lipinski definition) is 1. The fourth-order valence-electron chi connectivity index (χ4n) is 4.69. The zero-order valence-corrected chi connectivity index (χ0v) is 22.8. The van der Waals surface area contributed by atoms with E-state index < -0.39 is 28.5 Å². The maximum Gasteiger partial charge on any atom is 0.244 e. The van der Waals surface area contributed by atoms with Crippen molar-refractivity contribution in [2.45, 2.75) is 71.0 Å². The largest absolute Gasteiger partial charge is 0.352 e. The number of amides is 2. The zero-order chi connectivity index (χ0) is 26.3. The van der Waals surface area contributed by atoms with E-state index in [2.05, 4.69) is 5.32 Å². The predicted molar refractivity (Wildman–Crippen MR) is 144 cm³/mol. The smallest absolute Gasteiger partial charge is 0.244 e. The molecule has 2 aromatic rings. The Kier molecular flexibility index (Phi) is 9.79. The van der Waals surface area contributed by atoms with Gasteiger partial charge in [0.2, 0.25) is 21.8 Å². The molecule has 2 aromatic carbocycles. The van der Waals surface area contributed by atoms with Gasteiger partial charge < -0.3 is 10.2 Å². The standard InChI is InChI=1S/C27H36ClN3O4S/c1-4-24(27(33)29-23-11-6-5-7-12-23)30(18-21-14-16-22(28)17-15-21)26(32)19-31(36(3,34)35)25-13-9-8-10-20(25)2/h8-10,13-17,23-24H,4-7,11-12,18-19H2,1-3H3,(H,29,33)/t24-/m1/s1. The van der Waals surface area contributed by atoms with Crippen LogP contribution in [0.15, 0.2) is 48.5 Å². The first-order valence-electron chi connectivity index (χ1n) is 12.5. The van der Waals surface area contributed by atoms with E-state index in [4.69, 9.17) is 11.6 Å². The van der Waals surface area contributed by atoms with Gasteiger partial charge >= 0.3 is 0 Å². The summed E-state index contributed by atoms with van der Waals surface area (Å²) in [6.45, 7) is 3.43. The van der Waals surface area contributed by atoms with Crippen LogP contribution in [0.25, 0.3) is 0 Å². The summed E-state index contributed by atoms with van der Waals surface area (Å²) in [4.78, 5) is 28.6. The van der Waals surface area contributed by atoms with Gasteiger partial charge in [-0.3, -0.25) is 13.9 Å². The molecule has 1 aliphatic rings. The molecule has 1 N–H and O–H groups in total. The molecule has 9 heteroatoms. The Morgan fingerprint density at radius 1 is 1.06 bits per heavy atom. The lowest BCUT2D eigenvalue weighted by Crippen LogP contribution is -2.54. The van der Waals surface area contributed by atoms with Crippen LogP contribution in [0, 0.1) is 6.92 Å². The summed E-state index contributed by atoms with van der Waals surface area (Å²) in [6, 6.07) is 13.5. The second kappa shape index (κ2) is 12.6. The van der Waals surface area contributed by atoms with Gasteiger partial charge in [-0.05, 0) is 55.5 Å². The van der Waals surface area contributed by atoms with Crippen molar-refractivity contribution in [1.82, 2.24) is 10.2 Å². The van der Waals surface area contributed by atoms with E-state index in [1.807, 2.05) is 25.1 Å². The van der Waals surface area contributed by atoms with Crippen LogP contribution >= 0.6 is 11.6 Å². The van der Waals surface area contributed by atoms with Gasteiger partial charge in [0.15, 0.2) is 0 Å². The molecule has 0 bridgehead atoms. The summed E-state index contributed by atoms with van der Waals surface area (Å²) < 4.78 is 26.6. The monoisotopic (exact) mass is 533 g/mol. The minimum Gasteiger partial charge on any atom is -0.352 e. The van der Waals surface area contributed by atoms with Gasteiger partial charge in [-0.2, -0.15) is 0 Å². The van der Waals surface area contributed by atoms with Crippen LogP contribution in [-0.4, -0.2) is 50.0 Å². The fourth-order valence-corrected chi connectivity index (χ4v) is 5.72. The van der Waals surface area contributed by atoms with Crippen molar-refractivity contribution in [3.8, 4) is 0 Å². The van der Waals surface area contributed by atoms with Crippen LogP contribution in [0.2, 0.25) is 5.02 Å². The minimum absolute atomic E-state index is 0.104. The highest BCUT2D eigenvalue weighted by atomic mass is 35.5. The van der Waals surface area contributed by atoms with Crippen LogP contribution in [0.1, 0.15) is 56.6 Å². The molecule has 0 spiro atoms. The molecular weight excluding hydrogens is 498 g/mol. The molecule has 196 valence electrons. The third kappa shape index (κ3) is 7.46. The third-order valence-electron chi connectivity index (χ3n) is 6.67. The van der Waals surface area contributed by atoms with Gasteiger partial charge in [-0.1, -0.05) is 68.1 Å². The molecule has 0 radical (unpaired) electrons. The molecule has 1 atom stereocenters. The fraction of sp³-hybridized carbons (Fsp3) is 0.481. The second-order valence-electron chi connectivity index (χ2n) is 9.47. The van der Waals surface area contributed by atoms with Crippen molar-refractivity contribution in [2.75, 3.05) is 17.1 Å². The summed E-state index contributed by atoms with van der Waals surface area (Å²) in [6.07, 6.45) is 6.68. The number of para-hydroxylation sites is 1. The molecule has 1 aliphatic carbocycles. The Morgan fingerprint density at radius 2 is 1.69 bits per heavy atom. The van der Waals surface area contributed by atoms with Crippen LogP contribution in [0.3, 0.4) is 0 Å². The van der Waals surface area contributed by atoms with Gasteiger partial charge in [0, 0.05) is 17.6 Å². The van der Waals surface area contributed by atoms with Crippen molar-refractivity contribution < 1.29 is 18.0 Å². The van der Waals surface area contributed by atoms with Gasteiger partial charge in [0.25, 0.3) is 0 Å². The molecule has 1 fully saturated rings. The Balaban J connectivity index is 1.91. The highest BCUT2D eigenvalue weighted by molar-refractivity contribution is 7.92. The number of halogens is 1. The summed E-state index contributed by atoms with van der Waals surface area (Å²) in [5, 5.41) is 3.71. The molecule has 0 saturated heterocycles. The molecule has 36 heavy (non-hydrogen) atoms. The van der Waals surface area contributed by atoms with Crippen molar-refractivity contribution in [3.63, 3.8) is 0 Å². The number of nitrogens with one attached hydrogen (secondary N) is 1. The van der Waals surface area contributed by atoms with Crippen LogP contribution in [0.5, 0.6) is 0 Å².